The Bertz CT molecular complexity index is 774. The van der Waals surface area contributed by atoms with Crippen molar-refractivity contribution in [2.75, 3.05) is 6.54 Å². The molecule has 2 aromatic carbocycles. The van der Waals surface area contributed by atoms with Crippen molar-refractivity contribution in [3.8, 4) is 0 Å². The minimum absolute atomic E-state index is 0.350. The van der Waals surface area contributed by atoms with Crippen LogP contribution in [0.1, 0.15) is 68.6 Å². The topological polar surface area (TPSA) is 15.6 Å². The zero-order valence-electron chi connectivity index (χ0n) is 16.8. The normalized spacial score (nSPS) is 23.5. The zero-order chi connectivity index (χ0) is 18.6. The standard InChI is InChI=1S/C25H32N2/c1-3-20-13-10-16-23(17-20)24-19(2)27(18-21-11-6-4-7-12-21)26-25(24)22-14-8-5-9-15-22/h5,8-10,13-17,19,21,24H,3-4,6-7,11-12,18H2,1-2H3. The van der Waals surface area contributed by atoms with Crippen molar-refractivity contribution in [1.82, 2.24) is 5.01 Å². The fourth-order valence-corrected chi connectivity index (χ4v) is 4.82. The summed E-state index contributed by atoms with van der Waals surface area (Å²) >= 11 is 0. The van der Waals surface area contributed by atoms with Crippen LogP contribution in [0.3, 0.4) is 0 Å². The predicted octanol–water partition coefficient (Wildman–Crippen LogP) is 6.02. The van der Waals surface area contributed by atoms with E-state index in [2.05, 4.69) is 73.5 Å². The van der Waals surface area contributed by atoms with E-state index < -0.39 is 0 Å². The van der Waals surface area contributed by atoms with E-state index in [1.165, 1.54) is 54.5 Å². The predicted molar refractivity (Wildman–Crippen MR) is 114 cm³/mol. The van der Waals surface area contributed by atoms with Crippen LogP contribution in [0.5, 0.6) is 0 Å². The maximum absolute atomic E-state index is 5.20. The first-order valence-corrected chi connectivity index (χ1v) is 10.8. The van der Waals surface area contributed by atoms with Crippen molar-refractivity contribution in [1.29, 1.82) is 0 Å². The van der Waals surface area contributed by atoms with Crippen molar-refractivity contribution < 1.29 is 0 Å². The van der Waals surface area contributed by atoms with Crippen molar-refractivity contribution >= 4 is 5.71 Å². The molecule has 142 valence electrons. The van der Waals surface area contributed by atoms with E-state index >= 15 is 0 Å². The summed E-state index contributed by atoms with van der Waals surface area (Å²) in [5.41, 5.74) is 5.34. The summed E-state index contributed by atoms with van der Waals surface area (Å²) in [7, 11) is 0. The first-order chi connectivity index (χ1) is 13.3. The molecular formula is C25H32N2. The van der Waals surface area contributed by atoms with Gasteiger partial charge in [0.05, 0.1) is 17.7 Å². The Morgan fingerprint density at radius 2 is 1.74 bits per heavy atom. The molecule has 1 fully saturated rings. The smallest absolute Gasteiger partial charge is 0.0773 e. The van der Waals surface area contributed by atoms with E-state index in [-0.39, 0.29) is 0 Å². The highest BCUT2D eigenvalue weighted by Crippen LogP contribution is 2.36. The number of hydrogen-bond donors (Lipinski definition) is 0. The van der Waals surface area contributed by atoms with E-state index in [1.807, 2.05) is 0 Å². The SMILES string of the molecule is CCc1cccc(C2C(c3ccccc3)=NN(CC3CCCCC3)C2C)c1. The highest BCUT2D eigenvalue weighted by Gasteiger charge is 2.36. The molecule has 0 aromatic heterocycles. The number of aryl methyl sites for hydroxylation is 1. The molecule has 0 radical (unpaired) electrons. The molecule has 1 heterocycles. The van der Waals surface area contributed by atoms with Gasteiger partial charge < -0.3 is 0 Å². The van der Waals surface area contributed by atoms with Crippen LogP contribution in [0, 0.1) is 5.92 Å². The summed E-state index contributed by atoms with van der Waals surface area (Å²) in [6.07, 6.45) is 8.02. The van der Waals surface area contributed by atoms with Gasteiger partial charge in [-0.3, -0.25) is 5.01 Å². The molecule has 0 saturated heterocycles. The molecule has 2 unspecified atom stereocenters. The van der Waals surface area contributed by atoms with Gasteiger partial charge in [0.15, 0.2) is 0 Å². The second-order valence-corrected chi connectivity index (χ2v) is 8.29. The Kier molecular flexibility index (Phi) is 5.61. The van der Waals surface area contributed by atoms with Gasteiger partial charge in [0.25, 0.3) is 0 Å². The first-order valence-electron chi connectivity index (χ1n) is 10.8. The lowest BCUT2D eigenvalue weighted by Gasteiger charge is -2.30. The average Bonchev–Trinajstić information content (AvgIpc) is 3.05. The Morgan fingerprint density at radius 3 is 2.48 bits per heavy atom. The Balaban J connectivity index is 1.66. The largest absolute Gasteiger partial charge is 0.293 e. The number of benzene rings is 2. The molecular weight excluding hydrogens is 328 g/mol. The molecule has 2 aliphatic rings. The van der Waals surface area contributed by atoms with Gasteiger partial charge in [-0.2, -0.15) is 5.10 Å². The summed E-state index contributed by atoms with van der Waals surface area (Å²) in [5, 5.41) is 7.60. The molecule has 2 heteroatoms. The summed E-state index contributed by atoms with van der Waals surface area (Å²) in [6.45, 7) is 5.71. The van der Waals surface area contributed by atoms with E-state index in [0.29, 0.717) is 12.0 Å². The van der Waals surface area contributed by atoms with Crippen molar-refractivity contribution in [3.63, 3.8) is 0 Å². The third-order valence-corrected chi connectivity index (χ3v) is 6.44. The van der Waals surface area contributed by atoms with E-state index in [4.69, 9.17) is 5.10 Å². The Hall–Kier alpha value is -2.09. The van der Waals surface area contributed by atoms with Crippen LogP contribution < -0.4 is 0 Å². The fraction of sp³-hybridized carbons (Fsp3) is 0.480. The molecule has 2 nitrogen and oxygen atoms in total. The number of rotatable bonds is 5. The molecule has 0 N–H and O–H groups in total. The lowest BCUT2D eigenvalue weighted by molar-refractivity contribution is 0.174. The highest BCUT2D eigenvalue weighted by atomic mass is 15.5. The lowest BCUT2D eigenvalue weighted by Crippen LogP contribution is -2.33. The molecule has 1 aliphatic heterocycles. The molecule has 27 heavy (non-hydrogen) atoms. The lowest BCUT2D eigenvalue weighted by atomic mass is 9.84. The van der Waals surface area contributed by atoms with Crippen LogP contribution in [0.2, 0.25) is 0 Å². The van der Waals surface area contributed by atoms with Gasteiger partial charge in [0.2, 0.25) is 0 Å². The van der Waals surface area contributed by atoms with Crippen LogP contribution in [0.15, 0.2) is 59.7 Å². The average molecular weight is 361 g/mol. The number of nitrogens with zero attached hydrogens (tertiary/aromatic N) is 2. The van der Waals surface area contributed by atoms with Gasteiger partial charge in [-0.15, -0.1) is 0 Å². The van der Waals surface area contributed by atoms with Crippen LogP contribution in [-0.2, 0) is 6.42 Å². The zero-order valence-corrected chi connectivity index (χ0v) is 16.8. The molecule has 0 bridgehead atoms. The van der Waals surface area contributed by atoms with Crippen LogP contribution in [-0.4, -0.2) is 23.3 Å². The summed E-state index contributed by atoms with van der Waals surface area (Å²) in [4.78, 5) is 0. The van der Waals surface area contributed by atoms with Gasteiger partial charge in [-0.25, -0.2) is 0 Å². The van der Waals surface area contributed by atoms with Crippen LogP contribution in [0.4, 0.5) is 0 Å². The Morgan fingerprint density at radius 1 is 0.963 bits per heavy atom. The molecule has 1 aliphatic carbocycles. The second-order valence-electron chi connectivity index (χ2n) is 8.29. The molecule has 4 rings (SSSR count). The first kappa shape index (κ1) is 18.3. The molecule has 2 atom stereocenters. The molecule has 2 aromatic rings. The monoisotopic (exact) mass is 360 g/mol. The van der Waals surface area contributed by atoms with Crippen molar-refractivity contribution in [2.24, 2.45) is 11.0 Å². The van der Waals surface area contributed by atoms with Crippen molar-refractivity contribution in [2.45, 2.75) is 64.3 Å². The van der Waals surface area contributed by atoms with E-state index in [9.17, 15) is 0 Å². The maximum Gasteiger partial charge on any atom is 0.0773 e. The molecule has 1 saturated carbocycles. The second kappa shape index (κ2) is 8.29. The van der Waals surface area contributed by atoms with E-state index in [0.717, 1.165) is 18.9 Å². The van der Waals surface area contributed by atoms with E-state index in [1.54, 1.807) is 0 Å². The summed E-state index contributed by atoms with van der Waals surface area (Å²) < 4.78 is 0. The van der Waals surface area contributed by atoms with Gasteiger partial charge >= 0.3 is 0 Å². The number of hydrogen-bond acceptors (Lipinski definition) is 2. The third kappa shape index (κ3) is 3.95. The van der Waals surface area contributed by atoms with Gasteiger partial charge in [-0.05, 0) is 48.8 Å². The summed E-state index contributed by atoms with van der Waals surface area (Å²) in [6, 6.07) is 20.3. The van der Waals surface area contributed by atoms with Gasteiger partial charge in [0.1, 0.15) is 0 Å². The van der Waals surface area contributed by atoms with Crippen LogP contribution >= 0.6 is 0 Å². The minimum Gasteiger partial charge on any atom is -0.293 e. The number of hydrazone groups is 1. The maximum atomic E-state index is 5.20. The van der Waals surface area contributed by atoms with Crippen LogP contribution in [0.25, 0.3) is 0 Å². The fourth-order valence-electron chi connectivity index (χ4n) is 4.82. The third-order valence-electron chi connectivity index (χ3n) is 6.44. The quantitative estimate of drug-likeness (QED) is 0.636. The highest BCUT2D eigenvalue weighted by molar-refractivity contribution is 6.06. The van der Waals surface area contributed by atoms with Gasteiger partial charge in [-0.1, -0.05) is 80.8 Å². The molecule has 0 amide bonds. The summed E-state index contributed by atoms with van der Waals surface area (Å²) in [5.74, 6) is 1.16. The molecule has 0 spiro atoms. The minimum atomic E-state index is 0.350. The Labute approximate surface area is 164 Å². The van der Waals surface area contributed by atoms with Gasteiger partial charge in [0, 0.05) is 6.54 Å². The van der Waals surface area contributed by atoms with Crippen molar-refractivity contribution in [3.05, 3.63) is 71.3 Å².